The van der Waals surface area contributed by atoms with Crippen LogP contribution in [0.4, 0.5) is 0 Å². The maximum Gasteiger partial charge on any atom is 0.0428 e. The molecule has 0 bridgehead atoms. The number of rotatable bonds is 5. The Kier molecular flexibility index (Phi) is 5.23. The topological polar surface area (TPSA) is 24.9 Å². The Morgan fingerprint density at radius 1 is 1.28 bits per heavy atom. The van der Waals surface area contributed by atoms with Gasteiger partial charge in [-0.25, -0.2) is 0 Å². The Morgan fingerprint density at radius 2 is 2.06 bits per heavy atom. The van der Waals surface area contributed by atoms with Crippen LogP contribution in [0.5, 0.6) is 0 Å². The van der Waals surface area contributed by atoms with Crippen LogP contribution >= 0.6 is 27.7 Å². The summed E-state index contributed by atoms with van der Waals surface area (Å²) in [4.78, 5) is 5.44. The van der Waals surface area contributed by atoms with Crippen LogP contribution in [0.15, 0.2) is 58.2 Å². The standard InChI is InChI=1S/C14H15BrN2S/c1-16-14(11-3-2-8-17-9-11)10-18-13-6-4-12(15)5-7-13/h2-9,14,16H,10H2,1H3. The molecule has 1 N–H and O–H groups in total. The molecule has 0 radical (unpaired) electrons. The van der Waals surface area contributed by atoms with Crippen molar-refractivity contribution < 1.29 is 0 Å². The van der Waals surface area contributed by atoms with Gasteiger partial charge in [0.05, 0.1) is 0 Å². The van der Waals surface area contributed by atoms with E-state index in [-0.39, 0.29) is 0 Å². The average Bonchev–Trinajstić information content (AvgIpc) is 2.43. The second-order valence-corrected chi connectivity index (χ2v) is 5.90. The van der Waals surface area contributed by atoms with Crippen molar-refractivity contribution in [3.05, 3.63) is 58.8 Å². The third kappa shape index (κ3) is 3.83. The van der Waals surface area contributed by atoms with Crippen LogP contribution in [0.25, 0.3) is 0 Å². The van der Waals surface area contributed by atoms with Gasteiger partial charge in [0.1, 0.15) is 0 Å². The first kappa shape index (κ1) is 13.6. The molecule has 0 aliphatic rings. The van der Waals surface area contributed by atoms with Crippen molar-refractivity contribution in [3.8, 4) is 0 Å². The molecule has 2 nitrogen and oxygen atoms in total. The third-order valence-electron chi connectivity index (χ3n) is 2.67. The lowest BCUT2D eigenvalue weighted by Gasteiger charge is -2.15. The highest BCUT2D eigenvalue weighted by atomic mass is 79.9. The van der Waals surface area contributed by atoms with Crippen molar-refractivity contribution >= 4 is 27.7 Å². The van der Waals surface area contributed by atoms with Crippen molar-refractivity contribution in [2.75, 3.05) is 12.8 Å². The van der Waals surface area contributed by atoms with Crippen LogP contribution in [0, 0.1) is 0 Å². The van der Waals surface area contributed by atoms with Crippen LogP contribution < -0.4 is 5.32 Å². The minimum absolute atomic E-state index is 0.326. The first-order valence-corrected chi connectivity index (χ1v) is 7.53. The van der Waals surface area contributed by atoms with E-state index in [0.717, 1.165) is 10.2 Å². The molecule has 0 saturated carbocycles. The molecule has 1 atom stereocenters. The van der Waals surface area contributed by atoms with Crippen LogP contribution in [0.2, 0.25) is 0 Å². The van der Waals surface area contributed by atoms with Gasteiger partial charge in [0.25, 0.3) is 0 Å². The molecule has 0 fully saturated rings. The van der Waals surface area contributed by atoms with E-state index in [1.165, 1.54) is 10.5 Å². The number of hydrogen-bond donors (Lipinski definition) is 1. The predicted molar refractivity (Wildman–Crippen MR) is 80.9 cm³/mol. The molecule has 2 rings (SSSR count). The summed E-state index contributed by atoms with van der Waals surface area (Å²) in [7, 11) is 1.99. The Balaban J connectivity index is 1.97. The summed E-state index contributed by atoms with van der Waals surface area (Å²) in [6.45, 7) is 0. The lowest BCUT2D eigenvalue weighted by atomic mass is 10.1. The highest BCUT2D eigenvalue weighted by Gasteiger charge is 2.09. The molecule has 18 heavy (non-hydrogen) atoms. The Morgan fingerprint density at radius 3 is 2.67 bits per heavy atom. The van der Waals surface area contributed by atoms with Gasteiger partial charge >= 0.3 is 0 Å². The van der Waals surface area contributed by atoms with E-state index in [2.05, 4.69) is 56.6 Å². The summed E-state index contributed by atoms with van der Waals surface area (Å²) in [5, 5.41) is 3.33. The summed E-state index contributed by atoms with van der Waals surface area (Å²) < 4.78 is 1.12. The fraction of sp³-hybridized carbons (Fsp3) is 0.214. The molecule has 0 spiro atoms. The largest absolute Gasteiger partial charge is 0.312 e. The number of aromatic nitrogens is 1. The molecule has 0 saturated heterocycles. The smallest absolute Gasteiger partial charge is 0.0428 e. The number of nitrogens with zero attached hydrogens (tertiary/aromatic N) is 1. The number of halogens is 1. The van der Waals surface area contributed by atoms with Gasteiger partial charge in [0, 0.05) is 33.6 Å². The molecule has 1 aromatic heterocycles. The molecule has 2 aromatic rings. The van der Waals surface area contributed by atoms with Gasteiger partial charge in [0.15, 0.2) is 0 Å². The summed E-state index contributed by atoms with van der Waals surface area (Å²) in [6.07, 6.45) is 3.72. The Hall–Kier alpha value is -0.840. The van der Waals surface area contributed by atoms with E-state index in [1.54, 1.807) is 6.20 Å². The van der Waals surface area contributed by atoms with Gasteiger partial charge in [-0.1, -0.05) is 22.0 Å². The normalized spacial score (nSPS) is 12.3. The van der Waals surface area contributed by atoms with Crippen molar-refractivity contribution in [2.24, 2.45) is 0 Å². The minimum atomic E-state index is 0.326. The summed E-state index contributed by atoms with van der Waals surface area (Å²) in [5.74, 6) is 0.990. The minimum Gasteiger partial charge on any atom is -0.312 e. The van der Waals surface area contributed by atoms with E-state index >= 15 is 0 Å². The molecule has 1 aromatic carbocycles. The highest BCUT2D eigenvalue weighted by Crippen LogP contribution is 2.25. The summed E-state index contributed by atoms with van der Waals surface area (Å²) in [5.41, 5.74) is 1.23. The molecule has 1 heterocycles. The molecule has 0 amide bonds. The van der Waals surface area contributed by atoms with Crippen LogP contribution in [0.3, 0.4) is 0 Å². The zero-order valence-corrected chi connectivity index (χ0v) is 12.5. The van der Waals surface area contributed by atoms with Gasteiger partial charge in [0.2, 0.25) is 0 Å². The van der Waals surface area contributed by atoms with Crippen molar-refractivity contribution in [3.63, 3.8) is 0 Å². The van der Waals surface area contributed by atoms with E-state index in [4.69, 9.17) is 0 Å². The molecular weight excluding hydrogens is 308 g/mol. The quantitative estimate of drug-likeness (QED) is 0.845. The average molecular weight is 323 g/mol. The molecule has 1 unspecified atom stereocenters. The van der Waals surface area contributed by atoms with Crippen LogP contribution in [0.1, 0.15) is 11.6 Å². The van der Waals surface area contributed by atoms with Crippen LogP contribution in [-0.2, 0) is 0 Å². The van der Waals surface area contributed by atoms with E-state index in [9.17, 15) is 0 Å². The maximum absolute atomic E-state index is 4.16. The number of pyridine rings is 1. The molecule has 4 heteroatoms. The van der Waals surface area contributed by atoms with Gasteiger partial charge in [-0.3, -0.25) is 4.98 Å². The Bertz CT molecular complexity index is 473. The Labute approximate surface area is 120 Å². The maximum atomic E-state index is 4.16. The highest BCUT2D eigenvalue weighted by molar-refractivity contribution is 9.10. The van der Waals surface area contributed by atoms with Gasteiger partial charge in [-0.05, 0) is 42.9 Å². The SMILES string of the molecule is CNC(CSc1ccc(Br)cc1)c1cccnc1. The summed E-state index contributed by atoms with van der Waals surface area (Å²) >= 11 is 5.29. The van der Waals surface area contributed by atoms with E-state index in [1.807, 2.05) is 31.1 Å². The molecule has 0 aliphatic heterocycles. The van der Waals surface area contributed by atoms with E-state index < -0.39 is 0 Å². The predicted octanol–water partition coefficient (Wildman–Crippen LogP) is 3.90. The second kappa shape index (κ2) is 6.92. The molecular formula is C14H15BrN2S. The van der Waals surface area contributed by atoms with Gasteiger partial charge in [-0.15, -0.1) is 11.8 Å². The summed E-state index contributed by atoms with van der Waals surface area (Å²) in [6, 6.07) is 12.8. The number of hydrogen-bond acceptors (Lipinski definition) is 3. The number of nitrogens with one attached hydrogen (secondary N) is 1. The lowest BCUT2D eigenvalue weighted by Crippen LogP contribution is -2.18. The third-order valence-corrected chi connectivity index (χ3v) is 4.30. The van der Waals surface area contributed by atoms with Crippen LogP contribution in [-0.4, -0.2) is 17.8 Å². The second-order valence-electron chi connectivity index (χ2n) is 3.89. The molecule has 0 aliphatic carbocycles. The zero-order valence-electron chi connectivity index (χ0n) is 10.1. The number of benzene rings is 1. The van der Waals surface area contributed by atoms with Gasteiger partial charge < -0.3 is 5.32 Å². The van der Waals surface area contributed by atoms with Crippen molar-refractivity contribution in [2.45, 2.75) is 10.9 Å². The first-order valence-electron chi connectivity index (χ1n) is 5.75. The van der Waals surface area contributed by atoms with Crippen molar-refractivity contribution in [1.82, 2.24) is 10.3 Å². The molecule has 94 valence electrons. The monoisotopic (exact) mass is 322 g/mol. The number of thioether (sulfide) groups is 1. The van der Waals surface area contributed by atoms with E-state index in [0.29, 0.717) is 6.04 Å². The fourth-order valence-corrected chi connectivity index (χ4v) is 2.95. The van der Waals surface area contributed by atoms with Gasteiger partial charge in [-0.2, -0.15) is 0 Å². The van der Waals surface area contributed by atoms with Crippen molar-refractivity contribution in [1.29, 1.82) is 0 Å². The lowest BCUT2D eigenvalue weighted by molar-refractivity contribution is 0.659. The zero-order chi connectivity index (χ0) is 12.8. The first-order chi connectivity index (χ1) is 8.79. The fourth-order valence-electron chi connectivity index (χ4n) is 1.64.